The van der Waals surface area contributed by atoms with E-state index >= 15 is 0 Å². The average molecular weight is 272 g/mol. The lowest BCUT2D eigenvalue weighted by Gasteiger charge is -2.10. The van der Waals surface area contributed by atoms with Gasteiger partial charge in [0, 0.05) is 12.0 Å². The molecule has 0 amide bonds. The van der Waals surface area contributed by atoms with E-state index in [1.54, 1.807) is 6.07 Å². The molecule has 0 spiro atoms. The third kappa shape index (κ3) is 4.03. The summed E-state index contributed by atoms with van der Waals surface area (Å²) in [5.41, 5.74) is 0.413. The predicted molar refractivity (Wildman–Crippen MR) is 67.7 cm³/mol. The summed E-state index contributed by atoms with van der Waals surface area (Å²) < 4.78 is 32.0. The number of Topliss-reactive ketones (excluding diaryl/α,β-unsaturated/α-hetero) is 1. The number of ketones is 1. The largest absolute Gasteiger partial charge is 0.493 e. The highest BCUT2D eigenvalue weighted by Crippen LogP contribution is 2.29. The Hall–Kier alpha value is -1.56. The summed E-state index contributed by atoms with van der Waals surface area (Å²) in [4.78, 5) is 11.7. The van der Waals surface area contributed by atoms with Crippen LogP contribution in [0.3, 0.4) is 0 Å². The first-order valence-corrected chi connectivity index (χ1v) is 7.29. The van der Waals surface area contributed by atoms with Crippen LogP contribution in [0.25, 0.3) is 0 Å². The van der Waals surface area contributed by atoms with Gasteiger partial charge in [0.1, 0.15) is 0 Å². The van der Waals surface area contributed by atoms with Crippen molar-refractivity contribution in [3.63, 3.8) is 0 Å². The van der Waals surface area contributed by atoms with Crippen LogP contribution in [0.1, 0.15) is 30.1 Å². The highest BCUT2D eigenvalue weighted by Gasteiger charge is 2.14. The molecule has 18 heavy (non-hydrogen) atoms. The van der Waals surface area contributed by atoms with Gasteiger partial charge in [-0.25, -0.2) is 0 Å². The third-order valence-electron chi connectivity index (χ3n) is 2.20. The molecule has 5 nitrogen and oxygen atoms in total. The Morgan fingerprint density at radius 1 is 1.28 bits per heavy atom. The van der Waals surface area contributed by atoms with E-state index in [-0.39, 0.29) is 17.3 Å². The zero-order valence-corrected chi connectivity index (χ0v) is 11.4. The first-order valence-electron chi connectivity index (χ1n) is 5.48. The second kappa shape index (κ2) is 5.86. The molecule has 0 bridgehead atoms. The van der Waals surface area contributed by atoms with E-state index in [1.165, 1.54) is 19.2 Å². The van der Waals surface area contributed by atoms with Gasteiger partial charge in [-0.2, -0.15) is 8.42 Å². The van der Waals surface area contributed by atoms with Crippen molar-refractivity contribution in [1.29, 1.82) is 0 Å². The minimum Gasteiger partial charge on any atom is -0.493 e. The van der Waals surface area contributed by atoms with E-state index < -0.39 is 10.1 Å². The molecule has 100 valence electrons. The molecular formula is C12H16O5S. The van der Waals surface area contributed by atoms with E-state index in [0.717, 1.165) is 12.7 Å². The van der Waals surface area contributed by atoms with E-state index in [9.17, 15) is 13.2 Å². The molecule has 0 radical (unpaired) electrons. The highest BCUT2D eigenvalue weighted by atomic mass is 32.2. The van der Waals surface area contributed by atoms with Gasteiger partial charge in [-0.15, -0.1) is 0 Å². The number of carbonyl (C=O) groups excluding carboxylic acids is 1. The second-order valence-corrected chi connectivity index (χ2v) is 5.40. The summed E-state index contributed by atoms with van der Waals surface area (Å²) >= 11 is 0. The lowest BCUT2D eigenvalue weighted by atomic mass is 10.1. The van der Waals surface area contributed by atoms with E-state index in [1.807, 2.05) is 6.92 Å². The van der Waals surface area contributed by atoms with Gasteiger partial charge in [0.05, 0.1) is 13.4 Å². The summed E-state index contributed by atoms with van der Waals surface area (Å²) in [6.07, 6.45) is 2.07. The topological polar surface area (TPSA) is 69.7 Å². The summed E-state index contributed by atoms with van der Waals surface area (Å²) in [6, 6.07) is 4.49. The van der Waals surface area contributed by atoms with Crippen LogP contribution >= 0.6 is 0 Å². The van der Waals surface area contributed by atoms with E-state index in [2.05, 4.69) is 0 Å². The summed E-state index contributed by atoms with van der Waals surface area (Å²) in [7, 11) is -2.26. The van der Waals surface area contributed by atoms with Crippen LogP contribution in [0.15, 0.2) is 18.2 Å². The fraction of sp³-hybridized carbons (Fsp3) is 0.417. The lowest BCUT2D eigenvalue weighted by Crippen LogP contribution is -2.08. The minimum absolute atomic E-state index is 0.0296. The number of hydrogen-bond donors (Lipinski definition) is 0. The van der Waals surface area contributed by atoms with Crippen molar-refractivity contribution < 1.29 is 22.1 Å². The Morgan fingerprint density at radius 3 is 2.44 bits per heavy atom. The maximum atomic E-state index is 11.7. The van der Waals surface area contributed by atoms with Crippen LogP contribution in [-0.2, 0) is 10.1 Å². The molecule has 0 aliphatic heterocycles. The molecule has 0 aliphatic carbocycles. The number of benzene rings is 1. The number of ether oxygens (including phenoxy) is 1. The number of methoxy groups -OCH3 is 1. The molecule has 1 aromatic rings. The number of hydrogen-bond acceptors (Lipinski definition) is 5. The molecular weight excluding hydrogens is 256 g/mol. The molecule has 0 fully saturated rings. The fourth-order valence-corrected chi connectivity index (χ4v) is 1.91. The molecule has 0 N–H and O–H groups in total. The van der Waals surface area contributed by atoms with Crippen molar-refractivity contribution in [1.82, 2.24) is 0 Å². The van der Waals surface area contributed by atoms with Crippen LogP contribution < -0.4 is 8.92 Å². The van der Waals surface area contributed by atoms with Crippen LogP contribution in [0, 0.1) is 0 Å². The molecule has 6 heteroatoms. The normalized spacial score (nSPS) is 11.1. The highest BCUT2D eigenvalue weighted by molar-refractivity contribution is 7.86. The SMILES string of the molecule is CCCC(=O)c1ccc(OC)c(OS(C)(=O)=O)c1. The first-order chi connectivity index (χ1) is 8.37. The van der Waals surface area contributed by atoms with Gasteiger partial charge in [0.25, 0.3) is 0 Å². The van der Waals surface area contributed by atoms with Crippen molar-refractivity contribution in [2.24, 2.45) is 0 Å². The summed E-state index contributed by atoms with van der Waals surface area (Å²) in [5.74, 6) is 0.244. The van der Waals surface area contributed by atoms with Crippen molar-refractivity contribution >= 4 is 15.9 Å². The van der Waals surface area contributed by atoms with Crippen LogP contribution in [0.4, 0.5) is 0 Å². The van der Waals surface area contributed by atoms with Crippen molar-refractivity contribution in [2.45, 2.75) is 19.8 Å². The van der Waals surface area contributed by atoms with Crippen molar-refractivity contribution in [3.05, 3.63) is 23.8 Å². The second-order valence-electron chi connectivity index (χ2n) is 3.83. The average Bonchev–Trinajstić information content (AvgIpc) is 2.27. The lowest BCUT2D eigenvalue weighted by molar-refractivity contribution is 0.0981. The van der Waals surface area contributed by atoms with Crippen molar-refractivity contribution in [3.8, 4) is 11.5 Å². The van der Waals surface area contributed by atoms with Crippen LogP contribution in [-0.4, -0.2) is 27.6 Å². The molecule has 1 aromatic carbocycles. The molecule has 0 saturated carbocycles. The quantitative estimate of drug-likeness (QED) is 0.585. The molecule has 1 rings (SSSR count). The van der Waals surface area contributed by atoms with Crippen molar-refractivity contribution in [2.75, 3.05) is 13.4 Å². The maximum absolute atomic E-state index is 11.7. The Labute approximate surface area is 107 Å². The third-order valence-corrected chi connectivity index (χ3v) is 2.69. The van der Waals surface area contributed by atoms with Gasteiger partial charge in [0.15, 0.2) is 17.3 Å². The monoisotopic (exact) mass is 272 g/mol. The van der Waals surface area contributed by atoms with Crippen LogP contribution in [0.2, 0.25) is 0 Å². The van der Waals surface area contributed by atoms with Gasteiger partial charge in [-0.1, -0.05) is 6.92 Å². The van der Waals surface area contributed by atoms with E-state index in [0.29, 0.717) is 12.0 Å². The summed E-state index contributed by atoms with van der Waals surface area (Å²) in [6.45, 7) is 1.90. The van der Waals surface area contributed by atoms with Gasteiger partial charge in [-0.3, -0.25) is 4.79 Å². The first kappa shape index (κ1) is 14.5. The standard InChI is InChI=1S/C12H16O5S/c1-4-5-10(13)9-6-7-11(16-2)12(8-9)17-18(3,14)15/h6-8H,4-5H2,1-3H3. The molecule has 0 unspecified atom stereocenters. The maximum Gasteiger partial charge on any atom is 0.306 e. The Kier molecular flexibility index (Phi) is 4.72. The fourth-order valence-electron chi connectivity index (χ4n) is 1.45. The minimum atomic E-state index is -3.66. The number of carbonyl (C=O) groups is 1. The zero-order valence-electron chi connectivity index (χ0n) is 10.6. The molecule has 0 heterocycles. The Morgan fingerprint density at radius 2 is 1.94 bits per heavy atom. The van der Waals surface area contributed by atoms with Gasteiger partial charge in [0.2, 0.25) is 0 Å². The number of rotatable bonds is 6. The van der Waals surface area contributed by atoms with Gasteiger partial charge >= 0.3 is 10.1 Å². The van der Waals surface area contributed by atoms with Gasteiger partial charge < -0.3 is 8.92 Å². The Bertz CT molecular complexity index is 533. The van der Waals surface area contributed by atoms with Gasteiger partial charge in [-0.05, 0) is 24.6 Å². The Balaban J connectivity index is 3.13. The molecule has 0 aromatic heterocycles. The van der Waals surface area contributed by atoms with Crippen LogP contribution in [0.5, 0.6) is 11.5 Å². The summed E-state index contributed by atoms with van der Waals surface area (Å²) in [5, 5.41) is 0. The molecule has 0 atom stereocenters. The smallest absolute Gasteiger partial charge is 0.306 e. The molecule has 0 aliphatic rings. The molecule has 0 saturated heterocycles. The van der Waals surface area contributed by atoms with E-state index in [4.69, 9.17) is 8.92 Å². The predicted octanol–water partition coefficient (Wildman–Crippen LogP) is 2.02. The zero-order chi connectivity index (χ0) is 13.8.